The number of carbonyl (C=O) groups excluding carboxylic acids is 2. The number of carbonyl (C=O) groups is 2. The van der Waals surface area contributed by atoms with E-state index in [1.54, 1.807) is 19.1 Å². The minimum absolute atomic E-state index is 0.186. The van der Waals surface area contributed by atoms with Crippen LogP contribution in [0.1, 0.15) is 63.8 Å². The van der Waals surface area contributed by atoms with E-state index < -0.39 is 0 Å². The molecular weight excluding hydrogens is 354 g/mol. The largest absolute Gasteiger partial charge is 0.340 e. The van der Waals surface area contributed by atoms with Crippen LogP contribution >= 0.6 is 0 Å². The van der Waals surface area contributed by atoms with Gasteiger partial charge < -0.3 is 9.84 Å². The van der Waals surface area contributed by atoms with E-state index in [0.717, 1.165) is 28.7 Å². The molecule has 28 heavy (non-hydrogen) atoms. The molecule has 1 unspecified atom stereocenters. The Morgan fingerprint density at radius 1 is 1.14 bits per heavy atom. The van der Waals surface area contributed by atoms with Gasteiger partial charge in [-0.25, -0.2) is 0 Å². The minimum atomic E-state index is -0.317. The summed E-state index contributed by atoms with van der Waals surface area (Å²) in [5.41, 5.74) is 4.56. The normalized spacial score (nSPS) is 14.0. The molecule has 1 amide bonds. The van der Waals surface area contributed by atoms with Crippen molar-refractivity contribution >= 4 is 11.7 Å². The molecule has 0 bridgehead atoms. The Hall–Kier alpha value is -3.28. The molecule has 0 radical (unpaired) electrons. The first-order valence-electron chi connectivity index (χ1n) is 9.42. The highest BCUT2D eigenvalue weighted by molar-refractivity contribution is 6.01. The van der Waals surface area contributed by atoms with Gasteiger partial charge in [-0.15, -0.1) is 0 Å². The van der Waals surface area contributed by atoms with E-state index in [1.165, 1.54) is 0 Å². The molecule has 0 saturated carbocycles. The summed E-state index contributed by atoms with van der Waals surface area (Å²) in [6, 6.07) is 13.1. The average molecular weight is 375 g/mol. The fourth-order valence-corrected chi connectivity index (χ4v) is 3.48. The fraction of sp³-hybridized carbons (Fsp3) is 0.273. The van der Waals surface area contributed by atoms with Crippen LogP contribution in [0.4, 0.5) is 0 Å². The van der Waals surface area contributed by atoms with Crippen molar-refractivity contribution in [3.63, 3.8) is 0 Å². The molecule has 0 fully saturated rings. The van der Waals surface area contributed by atoms with Crippen LogP contribution in [0.25, 0.3) is 11.1 Å². The van der Waals surface area contributed by atoms with E-state index in [2.05, 4.69) is 21.5 Å². The Morgan fingerprint density at radius 3 is 2.57 bits per heavy atom. The van der Waals surface area contributed by atoms with Crippen molar-refractivity contribution in [2.45, 2.75) is 39.2 Å². The number of hydrogen-bond acceptors (Lipinski definition) is 5. The van der Waals surface area contributed by atoms with Crippen molar-refractivity contribution in [2.75, 3.05) is 0 Å². The quantitative estimate of drug-likeness (QED) is 0.727. The lowest BCUT2D eigenvalue weighted by Crippen LogP contribution is -2.28. The first-order chi connectivity index (χ1) is 13.5. The van der Waals surface area contributed by atoms with Crippen LogP contribution in [0.3, 0.4) is 0 Å². The van der Waals surface area contributed by atoms with Gasteiger partial charge in [0, 0.05) is 17.5 Å². The summed E-state index contributed by atoms with van der Waals surface area (Å²) < 4.78 is 5.18. The Balaban J connectivity index is 1.50. The molecule has 1 aromatic heterocycles. The van der Waals surface area contributed by atoms with Crippen molar-refractivity contribution in [3.05, 3.63) is 70.9 Å². The zero-order chi connectivity index (χ0) is 19.7. The third kappa shape index (κ3) is 3.45. The molecule has 1 aliphatic carbocycles. The summed E-state index contributed by atoms with van der Waals surface area (Å²) >= 11 is 0. The third-order valence-electron chi connectivity index (χ3n) is 5.06. The lowest BCUT2D eigenvalue weighted by molar-refractivity contribution is 0.0926. The van der Waals surface area contributed by atoms with E-state index in [9.17, 15) is 9.59 Å². The number of aromatic nitrogens is 2. The summed E-state index contributed by atoms with van der Waals surface area (Å²) in [6.07, 6.45) is 2.05. The molecule has 1 N–H and O–H groups in total. The first-order valence-corrected chi connectivity index (χ1v) is 9.42. The molecular formula is C22H21N3O3. The van der Waals surface area contributed by atoms with E-state index in [-0.39, 0.29) is 17.7 Å². The van der Waals surface area contributed by atoms with Crippen molar-refractivity contribution in [3.8, 4) is 11.1 Å². The molecule has 6 nitrogen and oxygen atoms in total. The van der Waals surface area contributed by atoms with Gasteiger partial charge in [-0.3, -0.25) is 9.59 Å². The topological polar surface area (TPSA) is 85.1 Å². The molecule has 6 heteroatoms. The van der Waals surface area contributed by atoms with Gasteiger partial charge in [0.1, 0.15) is 6.04 Å². The Labute approximate surface area is 163 Å². The number of aryl methyl sites for hydroxylation is 2. The average Bonchev–Trinajstić information content (AvgIpc) is 3.31. The van der Waals surface area contributed by atoms with E-state index in [1.807, 2.05) is 31.2 Å². The van der Waals surface area contributed by atoms with Crippen molar-refractivity contribution in [1.82, 2.24) is 15.5 Å². The fourth-order valence-electron chi connectivity index (χ4n) is 3.48. The molecule has 0 aliphatic heterocycles. The number of hydrogen-bond donors (Lipinski definition) is 1. The van der Waals surface area contributed by atoms with Crippen LogP contribution < -0.4 is 5.32 Å². The van der Waals surface area contributed by atoms with Crippen LogP contribution in [0, 0.1) is 6.92 Å². The van der Waals surface area contributed by atoms with E-state index in [0.29, 0.717) is 30.1 Å². The van der Waals surface area contributed by atoms with E-state index >= 15 is 0 Å². The monoisotopic (exact) mass is 375 g/mol. The van der Waals surface area contributed by atoms with Gasteiger partial charge in [0.25, 0.3) is 5.91 Å². The standard InChI is InChI=1S/C22H21N3O3/c1-3-19(22-23-13(2)25-28-22)24-21(27)15-6-4-14(5-7-15)16-8-10-18-17(12-16)9-11-20(18)26/h4-8,10,12,19H,3,9,11H2,1-2H3,(H,24,27). The number of fused-ring (bicyclic) bond motifs is 1. The second kappa shape index (κ2) is 7.38. The van der Waals surface area contributed by atoms with Gasteiger partial charge in [-0.1, -0.05) is 42.4 Å². The van der Waals surface area contributed by atoms with Crippen molar-refractivity contribution in [1.29, 1.82) is 0 Å². The molecule has 3 aromatic rings. The number of nitrogens with zero attached hydrogens (tertiary/aromatic N) is 2. The van der Waals surface area contributed by atoms with Gasteiger partial charge in [0.15, 0.2) is 11.6 Å². The van der Waals surface area contributed by atoms with Crippen LogP contribution in [-0.4, -0.2) is 21.8 Å². The molecule has 142 valence electrons. The van der Waals surface area contributed by atoms with Crippen LogP contribution in [0.2, 0.25) is 0 Å². The maximum atomic E-state index is 12.6. The number of rotatable bonds is 5. The van der Waals surface area contributed by atoms with Crippen LogP contribution in [0.15, 0.2) is 47.0 Å². The highest BCUT2D eigenvalue weighted by atomic mass is 16.5. The number of Topliss-reactive ketones (excluding diaryl/α,β-unsaturated/α-hetero) is 1. The minimum Gasteiger partial charge on any atom is -0.340 e. The predicted octanol–water partition coefficient (Wildman–Crippen LogP) is 4.06. The number of ketones is 1. The van der Waals surface area contributed by atoms with E-state index in [4.69, 9.17) is 4.52 Å². The second-order valence-electron chi connectivity index (χ2n) is 6.99. The SMILES string of the molecule is CCC(NC(=O)c1ccc(-c2ccc3c(c2)CCC3=O)cc1)c1nc(C)no1. The van der Waals surface area contributed by atoms with Gasteiger partial charge in [0.2, 0.25) is 5.89 Å². The highest BCUT2D eigenvalue weighted by Crippen LogP contribution is 2.28. The van der Waals surface area contributed by atoms with Gasteiger partial charge in [-0.05, 0) is 48.6 Å². The Kier molecular flexibility index (Phi) is 4.77. The molecule has 1 aliphatic rings. The van der Waals surface area contributed by atoms with Gasteiger partial charge in [-0.2, -0.15) is 4.98 Å². The molecule has 1 atom stereocenters. The van der Waals surface area contributed by atoms with Gasteiger partial charge >= 0.3 is 0 Å². The zero-order valence-corrected chi connectivity index (χ0v) is 15.9. The molecule has 0 saturated heterocycles. The van der Waals surface area contributed by atoms with Crippen molar-refractivity contribution < 1.29 is 14.1 Å². The van der Waals surface area contributed by atoms with Crippen LogP contribution in [0.5, 0.6) is 0 Å². The summed E-state index contributed by atoms with van der Waals surface area (Å²) in [6.45, 7) is 3.70. The highest BCUT2D eigenvalue weighted by Gasteiger charge is 2.21. The summed E-state index contributed by atoms with van der Waals surface area (Å²) in [7, 11) is 0. The molecule has 2 aromatic carbocycles. The lowest BCUT2D eigenvalue weighted by atomic mass is 9.99. The third-order valence-corrected chi connectivity index (χ3v) is 5.06. The first kappa shape index (κ1) is 18.1. The number of nitrogens with one attached hydrogen (secondary N) is 1. The van der Waals surface area contributed by atoms with Gasteiger partial charge in [0.05, 0.1) is 0 Å². The summed E-state index contributed by atoms with van der Waals surface area (Å²) in [5.74, 6) is 0.991. The summed E-state index contributed by atoms with van der Waals surface area (Å²) in [4.78, 5) is 28.6. The van der Waals surface area contributed by atoms with Crippen molar-refractivity contribution in [2.24, 2.45) is 0 Å². The molecule has 4 rings (SSSR count). The lowest BCUT2D eigenvalue weighted by Gasteiger charge is -2.13. The van der Waals surface area contributed by atoms with Crippen LogP contribution in [-0.2, 0) is 6.42 Å². The molecule has 1 heterocycles. The maximum absolute atomic E-state index is 12.6. The molecule has 0 spiro atoms. The number of benzene rings is 2. The number of amides is 1. The second-order valence-corrected chi connectivity index (χ2v) is 6.99. The smallest absolute Gasteiger partial charge is 0.251 e. The zero-order valence-electron chi connectivity index (χ0n) is 15.9. The maximum Gasteiger partial charge on any atom is 0.251 e. The Morgan fingerprint density at radius 2 is 1.89 bits per heavy atom. The Bertz CT molecular complexity index is 1040. The predicted molar refractivity (Wildman–Crippen MR) is 104 cm³/mol. The summed E-state index contributed by atoms with van der Waals surface area (Å²) in [5, 5.41) is 6.72.